The molecular weight excluding hydrogens is 356 g/mol. The second-order valence-electron chi connectivity index (χ2n) is 7.46. The Bertz CT molecular complexity index is 816. The monoisotopic (exact) mass is 384 g/mol. The van der Waals surface area contributed by atoms with Crippen molar-refractivity contribution in [2.24, 2.45) is 0 Å². The van der Waals surface area contributed by atoms with Gasteiger partial charge in [0.25, 0.3) is 0 Å². The second-order valence-corrected chi connectivity index (χ2v) is 7.46. The van der Waals surface area contributed by atoms with Crippen LogP contribution in [-0.2, 0) is 16.0 Å². The van der Waals surface area contributed by atoms with Crippen molar-refractivity contribution < 1.29 is 23.8 Å². The van der Waals surface area contributed by atoms with E-state index in [1.165, 1.54) is 0 Å². The molecule has 0 saturated heterocycles. The normalized spacial score (nSPS) is 11.0. The van der Waals surface area contributed by atoms with Crippen LogP contribution in [0, 0.1) is 0 Å². The van der Waals surface area contributed by atoms with Gasteiger partial charge in [0, 0.05) is 12.0 Å². The molecule has 0 N–H and O–H groups in total. The quantitative estimate of drug-likeness (QED) is 0.453. The highest BCUT2D eigenvalue weighted by Crippen LogP contribution is 2.28. The molecule has 0 atom stereocenters. The molecule has 0 bridgehead atoms. The summed E-state index contributed by atoms with van der Waals surface area (Å²) in [6, 6.07) is 12.6. The Hall–Kier alpha value is -2.82. The van der Waals surface area contributed by atoms with E-state index in [4.69, 9.17) is 14.2 Å². The summed E-state index contributed by atoms with van der Waals surface area (Å²) in [4.78, 5) is 24.0. The summed E-state index contributed by atoms with van der Waals surface area (Å²) in [6.07, 6.45) is 1.03. The van der Waals surface area contributed by atoms with Crippen molar-refractivity contribution in [3.05, 3.63) is 53.6 Å². The molecule has 0 unspecified atom stereocenters. The van der Waals surface area contributed by atoms with Gasteiger partial charge in [-0.15, -0.1) is 0 Å². The van der Waals surface area contributed by atoms with Crippen molar-refractivity contribution in [2.75, 3.05) is 7.11 Å². The van der Waals surface area contributed by atoms with E-state index in [2.05, 4.69) is 6.92 Å². The van der Waals surface area contributed by atoms with E-state index in [0.717, 1.165) is 17.7 Å². The molecule has 0 spiro atoms. The van der Waals surface area contributed by atoms with Gasteiger partial charge in [0.15, 0.2) is 5.78 Å². The first-order valence-corrected chi connectivity index (χ1v) is 9.41. The van der Waals surface area contributed by atoms with Gasteiger partial charge >= 0.3 is 5.97 Å². The molecule has 28 heavy (non-hydrogen) atoms. The number of carbonyl (C=O) groups excluding carboxylic acids is 2. The van der Waals surface area contributed by atoms with E-state index in [1.807, 2.05) is 18.2 Å². The third kappa shape index (κ3) is 6.41. The zero-order valence-corrected chi connectivity index (χ0v) is 17.2. The van der Waals surface area contributed by atoms with Gasteiger partial charge in [0.2, 0.25) is 0 Å². The van der Waals surface area contributed by atoms with Gasteiger partial charge in [0.1, 0.15) is 22.8 Å². The highest BCUT2D eigenvalue weighted by atomic mass is 16.6. The molecule has 5 heteroatoms. The topological polar surface area (TPSA) is 61.8 Å². The number of rotatable bonds is 8. The summed E-state index contributed by atoms with van der Waals surface area (Å²) in [5.41, 5.74) is 1.06. The molecule has 0 aliphatic rings. The zero-order valence-electron chi connectivity index (χ0n) is 17.2. The van der Waals surface area contributed by atoms with Gasteiger partial charge < -0.3 is 14.2 Å². The Morgan fingerprint density at radius 3 is 2.14 bits per heavy atom. The van der Waals surface area contributed by atoms with Gasteiger partial charge in [-0.2, -0.15) is 0 Å². The molecule has 2 aromatic carbocycles. The largest absolute Gasteiger partial charge is 0.496 e. The number of ether oxygens (including phenoxy) is 3. The summed E-state index contributed by atoms with van der Waals surface area (Å²) in [7, 11) is 1.65. The van der Waals surface area contributed by atoms with E-state index < -0.39 is 5.60 Å². The number of aryl methyl sites for hydroxylation is 1. The molecule has 0 heterocycles. The fourth-order valence-electron chi connectivity index (χ4n) is 2.69. The van der Waals surface area contributed by atoms with Crippen LogP contribution in [0.15, 0.2) is 42.5 Å². The molecule has 0 aliphatic heterocycles. The second kappa shape index (κ2) is 9.40. The Labute approximate surface area is 166 Å². The van der Waals surface area contributed by atoms with E-state index in [0.29, 0.717) is 17.1 Å². The van der Waals surface area contributed by atoms with Crippen LogP contribution >= 0.6 is 0 Å². The molecule has 0 amide bonds. The highest BCUT2D eigenvalue weighted by molar-refractivity contribution is 5.97. The number of hydrogen-bond acceptors (Lipinski definition) is 5. The van der Waals surface area contributed by atoms with E-state index in [1.54, 1.807) is 52.1 Å². The molecule has 0 aliphatic carbocycles. The van der Waals surface area contributed by atoms with Crippen LogP contribution in [0.25, 0.3) is 0 Å². The van der Waals surface area contributed by atoms with Crippen LogP contribution in [0.4, 0.5) is 0 Å². The third-order valence-corrected chi connectivity index (χ3v) is 4.02. The lowest BCUT2D eigenvalue weighted by Gasteiger charge is -2.19. The molecule has 0 aromatic heterocycles. The number of benzene rings is 2. The van der Waals surface area contributed by atoms with E-state index in [-0.39, 0.29) is 24.6 Å². The third-order valence-electron chi connectivity index (χ3n) is 4.02. The number of Topliss-reactive ketones (excluding diaryl/α,β-unsaturated/α-hetero) is 1. The molecule has 0 radical (unpaired) electrons. The SMILES string of the molecule is CCc1cc(Oc2ccc(C(=O)CCC(=O)OC(C)(C)C)cc2)ccc1OC. The number of carbonyl (C=O) groups is 2. The maximum atomic E-state index is 12.3. The van der Waals surface area contributed by atoms with Gasteiger partial charge in [-0.1, -0.05) is 6.92 Å². The molecule has 2 aromatic rings. The molecular formula is C23H28O5. The van der Waals surface area contributed by atoms with Gasteiger partial charge in [0.05, 0.1) is 13.5 Å². The average molecular weight is 384 g/mol. The predicted octanol–water partition coefficient (Wildman–Crippen LogP) is 5.35. The van der Waals surface area contributed by atoms with Crippen molar-refractivity contribution in [1.82, 2.24) is 0 Å². The maximum Gasteiger partial charge on any atom is 0.306 e. The van der Waals surface area contributed by atoms with Crippen molar-refractivity contribution in [1.29, 1.82) is 0 Å². The lowest BCUT2D eigenvalue weighted by atomic mass is 10.1. The van der Waals surface area contributed by atoms with E-state index >= 15 is 0 Å². The van der Waals surface area contributed by atoms with Crippen molar-refractivity contribution in [2.45, 2.75) is 52.6 Å². The predicted molar refractivity (Wildman–Crippen MR) is 108 cm³/mol. The zero-order chi connectivity index (χ0) is 20.7. The van der Waals surface area contributed by atoms with Gasteiger partial charge in [-0.05, 0) is 75.2 Å². The Balaban J connectivity index is 1.96. The Morgan fingerprint density at radius 1 is 0.929 bits per heavy atom. The van der Waals surface area contributed by atoms with Crippen molar-refractivity contribution >= 4 is 11.8 Å². The first-order chi connectivity index (χ1) is 13.2. The first-order valence-electron chi connectivity index (χ1n) is 9.41. The number of ketones is 1. The summed E-state index contributed by atoms with van der Waals surface area (Å²) in [5, 5.41) is 0. The van der Waals surface area contributed by atoms with Crippen LogP contribution in [0.2, 0.25) is 0 Å². The molecule has 150 valence electrons. The van der Waals surface area contributed by atoms with Crippen LogP contribution in [-0.4, -0.2) is 24.5 Å². The minimum Gasteiger partial charge on any atom is -0.496 e. The average Bonchev–Trinajstić information content (AvgIpc) is 2.65. The number of methoxy groups -OCH3 is 1. The first kappa shape index (κ1) is 21.5. The fraction of sp³-hybridized carbons (Fsp3) is 0.391. The van der Waals surface area contributed by atoms with Crippen LogP contribution in [0.3, 0.4) is 0 Å². The van der Waals surface area contributed by atoms with Crippen LogP contribution < -0.4 is 9.47 Å². The van der Waals surface area contributed by atoms with Crippen molar-refractivity contribution in [3.8, 4) is 17.2 Å². The van der Waals surface area contributed by atoms with Gasteiger partial charge in [-0.25, -0.2) is 0 Å². The Morgan fingerprint density at radius 2 is 1.57 bits per heavy atom. The number of esters is 1. The van der Waals surface area contributed by atoms with Crippen molar-refractivity contribution in [3.63, 3.8) is 0 Å². The molecule has 2 rings (SSSR count). The van der Waals surface area contributed by atoms with E-state index in [9.17, 15) is 9.59 Å². The number of hydrogen-bond donors (Lipinski definition) is 0. The van der Waals surface area contributed by atoms with Crippen LogP contribution in [0.1, 0.15) is 56.5 Å². The standard InChI is InChI=1S/C23H28O5/c1-6-16-15-19(11-13-21(16)26-5)27-18-9-7-17(8-10-18)20(24)12-14-22(25)28-23(2,3)4/h7-11,13,15H,6,12,14H2,1-5H3. The molecule has 5 nitrogen and oxygen atoms in total. The van der Waals surface area contributed by atoms with Gasteiger partial charge in [-0.3, -0.25) is 9.59 Å². The smallest absolute Gasteiger partial charge is 0.306 e. The van der Waals surface area contributed by atoms with Crippen LogP contribution in [0.5, 0.6) is 17.2 Å². The summed E-state index contributed by atoms with van der Waals surface area (Å²) in [5.74, 6) is 1.71. The minimum atomic E-state index is -0.543. The minimum absolute atomic E-state index is 0.0694. The summed E-state index contributed by atoms with van der Waals surface area (Å²) < 4.78 is 16.4. The fourth-order valence-corrected chi connectivity index (χ4v) is 2.69. The lowest BCUT2D eigenvalue weighted by molar-refractivity contribution is -0.154. The lowest BCUT2D eigenvalue weighted by Crippen LogP contribution is -2.24. The molecule has 0 fully saturated rings. The summed E-state index contributed by atoms with van der Waals surface area (Å²) in [6.45, 7) is 7.46. The molecule has 0 saturated carbocycles. The highest BCUT2D eigenvalue weighted by Gasteiger charge is 2.17. The summed E-state index contributed by atoms with van der Waals surface area (Å²) >= 11 is 0. The maximum absolute atomic E-state index is 12.3. The Kier molecular flexibility index (Phi) is 7.21.